The molecule has 1 aromatic carbocycles. The molecule has 3 heteroatoms. The Labute approximate surface area is 101 Å². The van der Waals surface area contributed by atoms with Crippen molar-refractivity contribution in [2.75, 3.05) is 0 Å². The van der Waals surface area contributed by atoms with Gasteiger partial charge in [-0.25, -0.2) is 4.39 Å². The van der Waals surface area contributed by atoms with E-state index in [0.717, 1.165) is 19.3 Å². The Bertz CT molecular complexity index is 408. The number of hydrogen-bond donors (Lipinski definition) is 0. The van der Waals surface area contributed by atoms with Crippen LogP contribution in [0, 0.1) is 5.82 Å². The molecular formula is C14H18FNO. The van der Waals surface area contributed by atoms with Crippen LogP contribution in [0.3, 0.4) is 0 Å². The first-order valence-corrected chi connectivity index (χ1v) is 6.18. The Hall–Kier alpha value is -1.38. The number of hydrogen-bond acceptors (Lipinski definition) is 1. The number of carbonyl (C=O) groups is 1. The molecular weight excluding hydrogens is 217 g/mol. The molecule has 2 rings (SSSR count). The number of amides is 1. The van der Waals surface area contributed by atoms with E-state index in [-0.39, 0.29) is 23.6 Å². The highest BCUT2D eigenvalue weighted by Gasteiger charge is 2.30. The van der Waals surface area contributed by atoms with Gasteiger partial charge in [-0.15, -0.1) is 0 Å². The zero-order valence-corrected chi connectivity index (χ0v) is 10.3. The highest BCUT2D eigenvalue weighted by atomic mass is 19.1. The van der Waals surface area contributed by atoms with E-state index >= 15 is 0 Å². The summed E-state index contributed by atoms with van der Waals surface area (Å²) in [4.78, 5) is 14.1. The van der Waals surface area contributed by atoms with E-state index in [2.05, 4.69) is 0 Å². The maximum atomic E-state index is 13.6. The fourth-order valence-electron chi connectivity index (χ4n) is 2.60. The number of benzene rings is 1. The Kier molecular flexibility index (Phi) is 3.46. The van der Waals surface area contributed by atoms with Crippen molar-refractivity contribution in [3.05, 3.63) is 35.6 Å². The highest BCUT2D eigenvalue weighted by Crippen LogP contribution is 2.25. The van der Waals surface area contributed by atoms with Crippen molar-refractivity contribution in [2.24, 2.45) is 0 Å². The van der Waals surface area contributed by atoms with Crippen molar-refractivity contribution in [3.63, 3.8) is 0 Å². The molecule has 1 saturated heterocycles. The van der Waals surface area contributed by atoms with Gasteiger partial charge in [-0.1, -0.05) is 12.1 Å². The molecule has 0 aromatic heterocycles. The van der Waals surface area contributed by atoms with E-state index in [4.69, 9.17) is 0 Å². The average molecular weight is 235 g/mol. The maximum absolute atomic E-state index is 13.6. The van der Waals surface area contributed by atoms with Gasteiger partial charge in [0.25, 0.3) is 5.91 Å². The highest BCUT2D eigenvalue weighted by molar-refractivity contribution is 5.94. The zero-order chi connectivity index (χ0) is 12.4. The second kappa shape index (κ2) is 4.86. The quantitative estimate of drug-likeness (QED) is 0.731. The fourth-order valence-corrected chi connectivity index (χ4v) is 2.60. The Balaban J connectivity index is 2.27. The van der Waals surface area contributed by atoms with Gasteiger partial charge in [-0.2, -0.15) is 0 Å². The lowest BCUT2D eigenvalue weighted by atomic mass is 9.96. The molecule has 1 aromatic rings. The molecule has 1 fully saturated rings. The van der Waals surface area contributed by atoms with Crippen molar-refractivity contribution < 1.29 is 9.18 Å². The minimum Gasteiger partial charge on any atom is -0.333 e. The van der Waals surface area contributed by atoms with Gasteiger partial charge < -0.3 is 4.90 Å². The smallest absolute Gasteiger partial charge is 0.257 e. The summed E-state index contributed by atoms with van der Waals surface area (Å²) in [5.74, 6) is -0.606. The van der Waals surface area contributed by atoms with Crippen molar-refractivity contribution in [1.29, 1.82) is 0 Å². The lowest BCUT2D eigenvalue weighted by Crippen LogP contribution is -2.47. The molecule has 0 saturated carbocycles. The van der Waals surface area contributed by atoms with E-state index in [0.29, 0.717) is 0 Å². The summed E-state index contributed by atoms with van der Waals surface area (Å²) in [6, 6.07) is 6.61. The van der Waals surface area contributed by atoms with E-state index in [1.807, 2.05) is 18.7 Å². The van der Waals surface area contributed by atoms with Crippen LogP contribution in [-0.4, -0.2) is 22.9 Å². The van der Waals surface area contributed by atoms with Gasteiger partial charge in [0.15, 0.2) is 0 Å². The lowest BCUT2D eigenvalue weighted by Gasteiger charge is -2.39. The average Bonchev–Trinajstić information content (AvgIpc) is 2.29. The molecule has 0 spiro atoms. The first-order chi connectivity index (χ1) is 8.11. The second-order valence-electron chi connectivity index (χ2n) is 4.82. The van der Waals surface area contributed by atoms with Gasteiger partial charge in [-0.3, -0.25) is 4.79 Å². The van der Waals surface area contributed by atoms with Crippen LogP contribution in [0.1, 0.15) is 43.5 Å². The Morgan fingerprint density at radius 1 is 1.24 bits per heavy atom. The summed E-state index contributed by atoms with van der Waals surface area (Å²) >= 11 is 0. The molecule has 1 heterocycles. The molecule has 92 valence electrons. The summed E-state index contributed by atoms with van der Waals surface area (Å²) in [5.41, 5.74) is 0.188. The molecule has 0 aliphatic carbocycles. The van der Waals surface area contributed by atoms with Crippen LogP contribution in [-0.2, 0) is 0 Å². The first-order valence-electron chi connectivity index (χ1n) is 6.18. The normalized spacial score (nSPS) is 24.8. The maximum Gasteiger partial charge on any atom is 0.257 e. The summed E-state index contributed by atoms with van der Waals surface area (Å²) < 4.78 is 13.6. The summed E-state index contributed by atoms with van der Waals surface area (Å²) in [5, 5.41) is 0. The summed E-state index contributed by atoms with van der Waals surface area (Å²) in [6.07, 6.45) is 3.15. The molecule has 0 bridgehead atoms. The number of halogens is 1. The van der Waals surface area contributed by atoms with Crippen molar-refractivity contribution >= 4 is 5.91 Å². The van der Waals surface area contributed by atoms with Gasteiger partial charge in [0, 0.05) is 12.1 Å². The molecule has 1 aliphatic heterocycles. The number of piperidine rings is 1. The van der Waals surface area contributed by atoms with Crippen LogP contribution >= 0.6 is 0 Å². The third-order valence-corrected chi connectivity index (χ3v) is 3.53. The minimum atomic E-state index is -0.428. The third kappa shape index (κ3) is 2.33. The van der Waals surface area contributed by atoms with Crippen molar-refractivity contribution in [2.45, 2.75) is 45.2 Å². The molecule has 2 atom stereocenters. The van der Waals surface area contributed by atoms with Gasteiger partial charge in [-0.05, 0) is 45.2 Å². The number of carbonyl (C=O) groups excluding carboxylic acids is 1. The molecule has 1 aliphatic rings. The number of rotatable bonds is 1. The van der Waals surface area contributed by atoms with E-state index in [1.54, 1.807) is 18.2 Å². The van der Waals surface area contributed by atoms with E-state index in [9.17, 15) is 9.18 Å². The van der Waals surface area contributed by atoms with Crippen LogP contribution in [0.25, 0.3) is 0 Å². The first kappa shape index (κ1) is 12.1. The zero-order valence-electron chi connectivity index (χ0n) is 10.3. The number of nitrogens with zero attached hydrogens (tertiary/aromatic N) is 1. The van der Waals surface area contributed by atoms with Crippen LogP contribution in [0.5, 0.6) is 0 Å². The van der Waals surface area contributed by atoms with Gasteiger partial charge >= 0.3 is 0 Å². The molecule has 0 N–H and O–H groups in total. The van der Waals surface area contributed by atoms with Gasteiger partial charge in [0.2, 0.25) is 0 Å². The van der Waals surface area contributed by atoms with E-state index in [1.165, 1.54) is 6.07 Å². The monoisotopic (exact) mass is 235 g/mol. The van der Waals surface area contributed by atoms with E-state index < -0.39 is 5.82 Å². The van der Waals surface area contributed by atoms with Gasteiger partial charge in [0.05, 0.1) is 5.56 Å². The standard InChI is InChI=1S/C14H18FNO/c1-10-6-5-7-11(2)16(10)14(17)12-8-3-4-9-13(12)15/h3-4,8-11H,5-7H2,1-2H3. The second-order valence-corrected chi connectivity index (χ2v) is 4.82. The van der Waals surface area contributed by atoms with Crippen LogP contribution in [0.4, 0.5) is 4.39 Å². The van der Waals surface area contributed by atoms with Crippen molar-refractivity contribution in [1.82, 2.24) is 4.90 Å². The molecule has 0 radical (unpaired) electrons. The predicted octanol–water partition coefficient (Wildman–Crippen LogP) is 3.23. The van der Waals surface area contributed by atoms with Crippen LogP contribution in [0.2, 0.25) is 0 Å². The molecule has 1 amide bonds. The lowest BCUT2D eigenvalue weighted by molar-refractivity contribution is 0.0506. The van der Waals surface area contributed by atoms with Crippen LogP contribution < -0.4 is 0 Å². The van der Waals surface area contributed by atoms with Crippen LogP contribution in [0.15, 0.2) is 24.3 Å². The van der Waals surface area contributed by atoms with Gasteiger partial charge in [0.1, 0.15) is 5.82 Å². The fraction of sp³-hybridized carbons (Fsp3) is 0.500. The molecule has 17 heavy (non-hydrogen) atoms. The molecule has 2 unspecified atom stereocenters. The Morgan fingerprint density at radius 2 is 1.82 bits per heavy atom. The SMILES string of the molecule is CC1CCCC(C)N1C(=O)c1ccccc1F. The largest absolute Gasteiger partial charge is 0.333 e. The number of likely N-dealkylation sites (tertiary alicyclic amines) is 1. The predicted molar refractivity (Wildman–Crippen MR) is 65.3 cm³/mol. The molecule has 2 nitrogen and oxygen atoms in total. The summed E-state index contributed by atoms with van der Waals surface area (Å²) in [7, 11) is 0. The Morgan fingerprint density at radius 3 is 2.41 bits per heavy atom. The topological polar surface area (TPSA) is 20.3 Å². The van der Waals surface area contributed by atoms with Crippen molar-refractivity contribution in [3.8, 4) is 0 Å². The minimum absolute atomic E-state index is 0.178. The third-order valence-electron chi connectivity index (χ3n) is 3.53. The summed E-state index contributed by atoms with van der Waals surface area (Å²) in [6.45, 7) is 4.07.